The summed E-state index contributed by atoms with van der Waals surface area (Å²) < 4.78 is 29.5. The van der Waals surface area contributed by atoms with Crippen molar-refractivity contribution in [2.45, 2.75) is 39.5 Å². The Morgan fingerprint density at radius 1 is 1.37 bits per heavy atom. The maximum Gasteiger partial charge on any atom is 0.387 e. The van der Waals surface area contributed by atoms with Crippen LogP contribution in [-0.4, -0.2) is 49.6 Å². The number of rotatable bonds is 6. The molecule has 10 heteroatoms. The van der Waals surface area contributed by atoms with Crippen molar-refractivity contribution < 1.29 is 18.3 Å². The van der Waals surface area contributed by atoms with Crippen LogP contribution in [0.1, 0.15) is 26.3 Å². The first-order chi connectivity index (χ1) is 12.0. The van der Waals surface area contributed by atoms with Gasteiger partial charge in [0.1, 0.15) is 5.75 Å². The van der Waals surface area contributed by atoms with Crippen LogP contribution in [0, 0.1) is 0 Å². The zero-order valence-corrected chi connectivity index (χ0v) is 19.1. The average molecular weight is 519 g/mol. The van der Waals surface area contributed by atoms with E-state index in [2.05, 4.69) is 20.4 Å². The van der Waals surface area contributed by atoms with Crippen molar-refractivity contribution in [2.24, 2.45) is 4.99 Å². The van der Waals surface area contributed by atoms with Crippen molar-refractivity contribution in [1.29, 1.82) is 0 Å². The molecule has 2 N–H and O–H groups in total. The molecule has 0 unspecified atom stereocenters. The number of carbonyl (C=O) groups is 1. The lowest BCUT2D eigenvalue weighted by Gasteiger charge is -2.25. The fourth-order valence-corrected chi connectivity index (χ4v) is 2.40. The SMILES string of the molecule is CN=C(NCc1cc(Cl)ccc1OC(F)F)N(C)CC(=O)NC(C)(C)C.I. The van der Waals surface area contributed by atoms with E-state index >= 15 is 0 Å². The number of benzene rings is 1. The summed E-state index contributed by atoms with van der Waals surface area (Å²) in [6.45, 7) is 2.98. The molecule has 0 heterocycles. The molecule has 0 atom stereocenters. The molecule has 1 amide bonds. The molecule has 154 valence electrons. The number of guanidine groups is 1. The van der Waals surface area contributed by atoms with E-state index in [1.807, 2.05) is 20.8 Å². The Morgan fingerprint density at radius 2 is 2.00 bits per heavy atom. The molecule has 1 aromatic rings. The van der Waals surface area contributed by atoms with Gasteiger partial charge < -0.3 is 20.3 Å². The molecule has 6 nitrogen and oxygen atoms in total. The van der Waals surface area contributed by atoms with Gasteiger partial charge in [0.2, 0.25) is 5.91 Å². The molecule has 0 aliphatic heterocycles. The van der Waals surface area contributed by atoms with Crippen LogP contribution in [0.3, 0.4) is 0 Å². The standard InChI is InChI=1S/C17H25ClF2N4O2.HI/c1-17(2,3)23-14(25)10-24(5)16(21-4)22-9-11-8-12(18)6-7-13(11)26-15(19)20;/h6-8,15H,9-10H2,1-5H3,(H,21,22)(H,23,25);1H. The van der Waals surface area contributed by atoms with Crippen LogP contribution in [0.15, 0.2) is 23.2 Å². The molecule has 1 rings (SSSR count). The van der Waals surface area contributed by atoms with Crippen LogP contribution in [0.5, 0.6) is 5.75 Å². The van der Waals surface area contributed by atoms with Gasteiger partial charge in [-0.25, -0.2) is 0 Å². The van der Waals surface area contributed by atoms with Crippen molar-refractivity contribution in [1.82, 2.24) is 15.5 Å². The van der Waals surface area contributed by atoms with Gasteiger partial charge in [-0.1, -0.05) is 11.6 Å². The van der Waals surface area contributed by atoms with Gasteiger partial charge in [0.15, 0.2) is 5.96 Å². The Bertz CT molecular complexity index is 654. The predicted octanol–water partition coefficient (Wildman–Crippen LogP) is 3.48. The maximum atomic E-state index is 12.5. The Hall–Kier alpha value is -1.36. The summed E-state index contributed by atoms with van der Waals surface area (Å²) in [6, 6.07) is 4.39. The number of likely N-dealkylation sites (N-methyl/N-ethyl adjacent to an activating group) is 1. The quantitative estimate of drug-likeness (QED) is 0.344. The molecule has 0 bridgehead atoms. The van der Waals surface area contributed by atoms with E-state index in [-0.39, 0.29) is 54.3 Å². The van der Waals surface area contributed by atoms with E-state index in [0.717, 1.165) is 0 Å². The number of aliphatic imine (C=N–C) groups is 1. The highest BCUT2D eigenvalue weighted by molar-refractivity contribution is 14.0. The molecule has 0 fully saturated rings. The Kier molecular flexibility index (Phi) is 10.9. The molecule has 0 saturated carbocycles. The van der Waals surface area contributed by atoms with Crippen LogP contribution < -0.4 is 15.4 Å². The number of alkyl halides is 2. The first-order valence-electron chi connectivity index (χ1n) is 7.98. The fraction of sp³-hybridized carbons (Fsp3) is 0.529. The molecular formula is C17H26ClF2IN4O2. The molecule has 0 aromatic heterocycles. The predicted molar refractivity (Wildman–Crippen MR) is 114 cm³/mol. The molecule has 0 spiro atoms. The topological polar surface area (TPSA) is 66.0 Å². The van der Waals surface area contributed by atoms with E-state index in [1.54, 1.807) is 19.0 Å². The maximum absolute atomic E-state index is 12.5. The number of nitrogens with zero attached hydrogens (tertiary/aromatic N) is 2. The third-order valence-corrected chi connectivity index (χ3v) is 3.38. The van der Waals surface area contributed by atoms with E-state index in [9.17, 15) is 13.6 Å². The second-order valence-electron chi connectivity index (χ2n) is 6.69. The number of ether oxygens (including phenoxy) is 1. The van der Waals surface area contributed by atoms with Crippen molar-refractivity contribution >= 4 is 47.4 Å². The highest BCUT2D eigenvalue weighted by Crippen LogP contribution is 2.24. The van der Waals surface area contributed by atoms with Crippen LogP contribution in [0.2, 0.25) is 5.02 Å². The van der Waals surface area contributed by atoms with E-state index in [4.69, 9.17) is 11.6 Å². The van der Waals surface area contributed by atoms with Gasteiger partial charge in [0, 0.05) is 36.8 Å². The molecule has 0 saturated heterocycles. The van der Waals surface area contributed by atoms with Crippen LogP contribution in [-0.2, 0) is 11.3 Å². The van der Waals surface area contributed by atoms with Crippen molar-refractivity contribution in [3.8, 4) is 5.75 Å². The lowest BCUT2D eigenvalue weighted by atomic mass is 10.1. The van der Waals surface area contributed by atoms with Gasteiger partial charge in [-0.05, 0) is 39.0 Å². The Balaban J connectivity index is 0.00000676. The summed E-state index contributed by atoms with van der Waals surface area (Å²) in [5, 5.41) is 6.26. The van der Waals surface area contributed by atoms with Crippen LogP contribution in [0.25, 0.3) is 0 Å². The summed E-state index contributed by atoms with van der Waals surface area (Å²) >= 11 is 5.93. The summed E-state index contributed by atoms with van der Waals surface area (Å²) in [4.78, 5) is 17.7. The summed E-state index contributed by atoms with van der Waals surface area (Å²) in [5.41, 5.74) is 0.114. The van der Waals surface area contributed by atoms with Crippen LogP contribution in [0.4, 0.5) is 8.78 Å². The number of amides is 1. The van der Waals surface area contributed by atoms with E-state index < -0.39 is 6.61 Å². The number of nitrogens with one attached hydrogen (secondary N) is 2. The van der Waals surface area contributed by atoms with Crippen molar-refractivity contribution in [2.75, 3.05) is 20.6 Å². The number of hydrogen-bond acceptors (Lipinski definition) is 3. The average Bonchev–Trinajstić information content (AvgIpc) is 2.47. The minimum atomic E-state index is -2.93. The highest BCUT2D eigenvalue weighted by Gasteiger charge is 2.17. The first-order valence-corrected chi connectivity index (χ1v) is 8.35. The highest BCUT2D eigenvalue weighted by atomic mass is 127. The molecule has 0 radical (unpaired) electrons. The number of carbonyl (C=O) groups excluding carboxylic acids is 1. The van der Waals surface area contributed by atoms with Gasteiger partial charge >= 0.3 is 6.61 Å². The monoisotopic (exact) mass is 518 g/mol. The lowest BCUT2D eigenvalue weighted by Crippen LogP contribution is -2.48. The second kappa shape index (κ2) is 11.5. The number of hydrogen-bond donors (Lipinski definition) is 2. The second-order valence-corrected chi connectivity index (χ2v) is 7.12. The van der Waals surface area contributed by atoms with Gasteiger partial charge in [0.25, 0.3) is 0 Å². The Labute approximate surface area is 180 Å². The molecule has 27 heavy (non-hydrogen) atoms. The zero-order valence-electron chi connectivity index (χ0n) is 16.0. The third kappa shape index (κ3) is 9.94. The van der Waals surface area contributed by atoms with E-state index in [1.165, 1.54) is 18.2 Å². The third-order valence-electron chi connectivity index (χ3n) is 3.14. The molecule has 0 aliphatic carbocycles. The van der Waals surface area contributed by atoms with Gasteiger partial charge in [-0.3, -0.25) is 9.79 Å². The zero-order chi connectivity index (χ0) is 19.9. The lowest BCUT2D eigenvalue weighted by molar-refractivity contribution is -0.122. The van der Waals surface area contributed by atoms with Gasteiger partial charge in [-0.15, -0.1) is 24.0 Å². The number of halogens is 4. The fourth-order valence-electron chi connectivity index (χ4n) is 2.20. The normalized spacial score (nSPS) is 11.7. The Morgan fingerprint density at radius 3 is 2.52 bits per heavy atom. The summed E-state index contributed by atoms with van der Waals surface area (Å²) in [5.74, 6) is 0.296. The molecular weight excluding hydrogens is 493 g/mol. The first kappa shape index (κ1) is 25.6. The van der Waals surface area contributed by atoms with Gasteiger partial charge in [-0.2, -0.15) is 8.78 Å². The van der Waals surface area contributed by atoms with Crippen LogP contribution >= 0.6 is 35.6 Å². The largest absolute Gasteiger partial charge is 0.434 e. The summed E-state index contributed by atoms with van der Waals surface area (Å²) in [6.07, 6.45) is 0. The van der Waals surface area contributed by atoms with Gasteiger partial charge in [0.05, 0.1) is 6.54 Å². The summed E-state index contributed by atoms with van der Waals surface area (Å²) in [7, 11) is 3.27. The molecule has 0 aliphatic rings. The minimum Gasteiger partial charge on any atom is -0.434 e. The van der Waals surface area contributed by atoms with Crippen molar-refractivity contribution in [3.63, 3.8) is 0 Å². The smallest absolute Gasteiger partial charge is 0.387 e. The van der Waals surface area contributed by atoms with E-state index in [0.29, 0.717) is 16.5 Å². The minimum absolute atomic E-state index is 0. The molecule has 1 aromatic carbocycles. The van der Waals surface area contributed by atoms with Crippen molar-refractivity contribution in [3.05, 3.63) is 28.8 Å².